The number of allylic oxidation sites excluding steroid dienone is 1. The molecule has 0 spiro atoms. The smallest absolute Gasteiger partial charge is 0.299 e. The lowest BCUT2D eigenvalue weighted by Crippen LogP contribution is -2.50. The summed E-state index contributed by atoms with van der Waals surface area (Å²) in [5, 5.41) is 47.8. The fourth-order valence-corrected chi connectivity index (χ4v) is 4.70. The predicted molar refractivity (Wildman–Crippen MR) is 129 cm³/mol. The molecule has 4 rings (SSSR count). The third kappa shape index (κ3) is 4.42. The van der Waals surface area contributed by atoms with Gasteiger partial charge in [0.25, 0.3) is 11.4 Å². The van der Waals surface area contributed by atoms with E-state index in [2.05, 4.69) is 10.3 Å². The number of furan rings is 1. The van der Waals surface area contributed by atoms with Gasteiger partial charge in [-0.3, -0.25) is 20.2 Å². The van der Waals surface area contributed by atoms with Crippen LogP contribution in [0, 0.1) is 48.3 Å². The molecular formula is C24H18ClN7O5. The first-order valence-corrected chi connectivity index (χ1v) is 11.2. The lowest BCUT2D eigenvalue weighted by molar-refractivity contribution is -0.437. The molecule has 0 radical (unpaired) electrons. The fraction of sp³-hybridized carbons (Fsp3) is 0.208. The number of nitriles is 2. The zero-order valence-corrected chi connectivity index (χ0v) is 20.0. The molecule has 0 saturated heterocycles. The summed E-state index contributed by atoms with van der Waals surface area (Å²) in [6.45, 7) is 0.116. The van der Waals surface area contributed by atoms with Crippen molar-refractivity contribution in [2.45, 2.75) is 18.5 Å². The molecule has 1 N–H and O–H groups in total. The minimum Gasteiger partial charge on any atom is -0.468 e. The Bertz CT molecular complexity index is 1430. The molecule has 0 amide bonds. The van der Waals surface area contributed by atoms with Gasteiger partial charge in [-0.15, -0.1) is 0 Å². The Morgan fingerprint density at radius 1 is 1.14 bits per heavy atom. The third-order valence-corrected chi connectivity index (χ3v) is 6.43. The number of hydrogen-bond acceptors (Lipinski definition) is 10. The van der Waals surface area contributed by atoms with Crippen molar-refractivity contribution in [2.75, 3.05) is 7.05 Å². The van der Waals surface area contributed by atoms with Crippen molar-refractivity contribution in [3.05, 3.63) is 115 Å². The minimum atomic E-state index is -2.03. The molecule has 1 aliphatic heterocycles. The maximum Gasteiger partial charge on any atom is 0.299 e. The molecule has 2 aromatic heterocycles. The zero-order chi connectivity index (χ0) is 26.7. The first-order valence-electron chi connectivity index (χ1n) is 10.8. The lowest BCUT2D eigenvalue weighted by Gasteiger charge is -2.45. The number of nitro benzene ring substituents is 1. The Morgan fingerprint density at radius 2 is 1.84 bits per heavy atom. The second-order valence-corrected chi connectivity index (χ2v) is 8.62. The van der Waals surface area contributed by atoms with Gasteiger partial charge in [0.2, 0.25) is 0 Å². The SMILES string of the molecule is CN1C(NCc2ccc(Cl)nc2)=C([N+](=O)[O-])C(c2ccco2)C(C#N)(C#N)C1c1ccc([N+](=O)[O-])cc1. The largest absolute Gasteiger partial charge is 0.468 e. The van der Waals surface area contributed by atoms with Crippen LogP contribution in [0.4, 0.5) is 5.69 Å². The Balaban J connectivity index is 1.93. The predicted octanol–water partition coefficient (Wildman–Crippen LogP) is 4.28. The number of nitrogens with zero attached hydrogens (tertiary/aromatic N) is 6. The van der Waals surface area contributed by atoms with Crippen LogP contribution in [0.5, 0.6) is 0 Å². The van der Waals surface area contributed by atoms with Gasteiger partial charge in [-0.05, 0) is 29.3 Å². The molecule has 37 heavy (non-hydrogen) atoms. The van der Waals surface area contributed by atoms with Crippen molar-refractivity contribution >= 4 is 17.3 Å². The van der Waals surface area contributed by atoms with E-state index in [1.54, 1.807) is 12.1 Å². The molecule has 0 saturated carbocycles. The maximum absolute atomic E-state index is 12.5. The highest BCUT2D eigenvalue weighted by molar-refractivity contribution is 6.29. The van der Waals surface area contributed by atoms with Gasteiger partial charge in [-0.1, -0.05) is 29.8 Å². The Morgan fingerprint density at radius 3 is 2.35 bits per heavy atom. The van der Waals surface area contributed by atoms with Crippen molar-refractivity contribution < 1.29 is 14.3 Å². The summed E-state index contributed by atoms with van der Waals surface area (Å²) in [7, 11) is 1.51. The number of nitro groups is 2. The number of benzene rings is 1. The van der Waals surface area contributed by atoms with E-state index in [-0.39, 0.29) is 29.0 Å². The summed E-state index contributed by atoms with van der Waals surface area (Å²) in [5.74, 6) is -1.29. The van der Waals surface area contributed by atoms with E-state index in [0.717, 1.165) is 0 Å². The average molecular weight is 520 g/mol. The van der Waals surface area contributed by atoms with E-state index in [1.165, 1.54) is 60.8 Å². The number of aromatic nitrogens is 1. The Labute approximate surface area is 215 Å². The summed E-state index contributed by atoms with van der Waals surface area (Å²) in [4.78, 5) is 27.9. The molecule has 0 bridgehead atoms. The molecule has 1 aliphatic rings. The average Bonchev–Trinajstić information content (AvgIpc) is 3.42. The first-order chi connectivity index (χ1) is 17.7. The summed E-state index contributed by atoms with van der Waals surface area (Å²) < 4.78 is 5.51. The Kier molecular flexibility index (Phi) is 6.78. The molecule has 2 unspecified atom stereocenters. The molecule has 1 aromatic carbocycles. The van der Waals surface area contributed by atoms with Crippen molar-refractivity contribution in [3.63, 3.8) is 0 Å². The van der Waals surface area contributed by atoms with E-state index in [9.17, 15) is 30.8 Å². The van der Waals surface area contributed by atoms with Crippen LogP contribution in [0.1, 0.15) is 28.8 Å². The van der Waals surface area contributed by atoms with Gasteiger partial charge in [-0.25, -0.2) is 4.98 Å². The second kappa shape index (κ2) is 9.97. The first kappa shape index (κ1) is 25.2. The van der Waals surface area contributed by atoms with Gasteiger partial charge in [0, 0.05) is 31.9 Å². The van der Waals surface area contributed by atoms with Gasteiger partial charge < -0.3 is 14.6 Å². The van der Waals surface area contributed by atoms with Crippen LogP contribution < -0.4 is 5.32 Å². The van der Waals surface area contributed by atoms with E-state index >= 15 is 0 Å². The molecule has 0 aliphatic carbocycles. The number of non-ortho nitro benzene ring substituents is 1. The number of rotatable bonds is 7. The van der Waals surface area contributed by atoms with Crippen LogP contribution in [-0.2, 0) is 6.54 Å². The van der Waals surface area contributed by atoms with Crippen molar-refractivity contribution in [1.82, 2.24) is 15.2 Å². The number of halogens is 1. The van der Waals surface area contributed by atoms with Crippen LogP contribution in [0.25, 0.3) is 0 Å². The number of pyridine rings is 1. The van der Waals surface area contributed by atoms with Gasteiger partial charge in [-0.2, -0.15) is 10.5 Å². The van der Waals surface area contributed by atoms with Crippen LogP contribution in [0.2, 0.25) is 5.15 Å². The van der Waals surface area contributed by atoms with Gasteiger partial charge >= 0.3 is 0 Å². The van der Waals surface area contributed by atoms with Crippen LogP contribution in [-0.4, -0.2) is 26.8 Å². The molecule has 0 fully saturated rings. The minimum absolute atomic E-state index is 0.0471. The second-order valence-electron chi connectivity index (χ2n) is 8.24. The molecule has 3 heterocycles. The van der Waals surface area contributed by atoms with Crippen LogP contribution in [0.3, 0.4) is 0 Å². The molecule has 3 aromatic rings. The third-order valence-electron chi connectivity index (χ3n) is 6.21. The lowest BCUT2D eigenvalue weighted by atomic mass is 9.65. The highest BCUT2D eigenvalue weighted by Gasteiger charge is 2.61. The summed E-state index contributed by atoms with van der Waals surface area (Å²) in [6, 6.07) is 14.6. The van der Waals surface area contributed by atoms with Crippen LogP contribution in [0.15, 0.2) is 76.9 Å². The van der Waals surface area contributed by atoms with E-state index in [4.69, 9.17) is 16.0 Å². The van der Waals surface area contributed by atoms with Gasteiger partial charge in [0.1, 0.15) is 16.8 Å². The maximum atomic E-state index is 12.5. The monoisotopic (exact) mass is 519 g/mol. The Hall–Kier alpha value is -4.94. The molecule has 12 nitrogen and oxygen atoms in total. The van der Waals surface area contributed by atoms with Crippen molar-refractivity contribution in [1.29, 1.82) is 10.5 Å². The quantitative estimate of drug-likeness (QED) is 0.269. The van der Waals surface area contributed by atoms with Crippen LogP contribution >= 0.6 is 11.6 Å². The summed E-state index contributed by atoms with van der Waals surface area (Å²) >= 11 is 5.85. The number of hydrogen-bond donors (Lipinski definition) is 1. The van der Waals surface area contributed by atoms with Gasteiger partial charge in [0.05, 0.1) is 34.3 Å². The fourth-order valence-electron chi connectivity index (χ4n) is 4.59. The van der Waals surface area contributed by atoms with Crippen molar-refractivity contribution in [3.8, 4) is 12.1 Å². The summed E-state index contributed by atoms with van der Waals surface area (Å²) in [6.07, 6.45) is 2.81. The van der Waals surface area contributed by atoms with E-state index in [1.807, 2.05) is 12.1 Å². The van der Waals surface area contributed by atoms with E-state index in [0.29, 0.717) is 11.1 Å². The highest BCUT2D eigenvalue weighted by atomic mass is 35.5. The van der Waals surface area contributed by atoms with E-state index < -0.39 is 32.9 Å². The van der Waals surface area contributed by atoms with Crippen molar-refractivity contribution in [2.24, 2.45) is 5.41 Å². The van der Waals surface area contributed by atoms with Gasteiger partial charge in [0.15, 0.2) is 11.2 Å². The normalized spacial score (nSPS) is 18.5. The standard InChI is InChI=1S/C24H18ClN7O5/c1-30-22(16-5-7-17(8-6-16)31(33)34)24(13-26,14-27)20(18-3-2-10-37-18)21(32(35)36)23(30)29-12-15-4-9-19(25)28-11-15/h2-11,20,22,29H,12H2,1H3. The highest BCUT2D eigenvalue weighted by Crippen LogP contribution is 2.55. The zero-order valence-electron chi connectivity index (χ0n) is 19.2. The topological polar surface area (TPSA) is 175 Å². The number of nitrogens with one attached hydrogen (secondary N) is 1. The molecular weight excluding hydrogens is 502 g/mol. The summed E-state index contributed by atoms with van der Waals surface area (Å²) in [5.41, 5.74) is -1.59. The molecule has 13 heteroatoms. The molecule has 2 atom stereocenters. The molecule has 186 valence electrons.